The second-order valence-corrected chi connectivity index (χ2v) is 13.8. The Labute approximate surface area is 267 Å². The Morgan fingerprint density at radius 3 is 2.51 bits per heavy atom. The average Bonchev–Trinajstić information content (AvgIpc) is 3.60. The van der Waals surface area contributed by atoms with E-state index in [2.05, 4.69) is 28.9 Å². The highest BCUT2D eigenvalue weighted by Crippen LogP contribution is 2.56. The lowest BCUT2D eigenvalue weighted by Crippen LogP contribution is -2.45. The fraction of sp³-hybridized carbons (Fsp3) is 0.485. The van der Waals surface area contributed by atoms with Crippen molar-refractivity contribution in [1.29, 1.82) is 0 Å². The molecule has 3 atom stereocenters. The molecule has 0 fully saturated rings. The molecule has 240 valence electrons. The second-order valence-electron chi connectivity index (χ2n) is 12.8. The molecule has 0 saturated heterocycles. The predicted octanol–water partition coefficient (Wildman–Crippen LogP) is 5.65. The van der Waals surface area contributed by atoms with Gasteiger partial charge in [-0.1, -0.05) is 13.8 Å². The number of amides is 1. The third-order valence-electron chi connectivity index (χ3n) is 8.11. The van der Waals surface area contributed by atoms with E-state index in [9.17, 15) is 14.7 Å². The number of hydrogen-bond donors (Lipinski definition) is 2. The normalized spacial score (nSPS) is 17.0. The molecule has 4 heterocycles. The van der Waals surface area contributed by atoms with E-state index < -0.39 is 29.1 Å². The van der Waals surface area contributed by atoms with Crippen molar-refractivity contribution in [3.63, 3.8) is 0 Å². The van der Waals surface area contributed by atoms with E-state index in [0.717, 1.165) is 33.5 Å². The molecule has 0 bridgehead atoms. The Kier molecular flexibility index (Phi) is 9.03. The van der Waals surface area contributed by atoms with Crippen LogP contribution >= 0.6 is 11.3 Å². The van der Waals surface area contributed by atoms with Gasteiger partial charge in [-0.05, 0) is 57.4 Å². The van der Waals surface area contributed by atoms with Crippen molar-refractivity contribution in [1.82, 2.24) is 24.8 Å². The second kappa shape index (κ2) is 12.5. The van der Waals surface area contributed by atoms with Crippen LogP contribution in [0.1, 0.15) is 69.8 Å². The molecular formula is C33H41N5O6S. The molecule has 4 aromatic rings. The molecule has 1 amide bonds. The van der Waals surface area contributed by atoms with Crippen LogP contribution in [0.25, 0.3) is 33.7 Å². The largest absolute Gasteiger partial charge is 0.467 e. The molecule has 0 spiro atoms. The van der Waals surface area contributed by atoms with Crippen molar-refractivity contribution in [2.75, 3.05) is 20.8 Å². The van der Waals surface area contributed by atoms with E-state index in [4.69, 9.17) is 29.2 Å². The topological polar surface area (TPSA) is 138 Å². The number of aryl methyl sites for hydroxylation is 1. The quantitative estimate of drug-likeness (QED) is 0.223. The number of thiazole rings is 1. The number of aliphatic hydroxyl groups excluding tert-OH is 1. The van der Waals surface area contributed by atoms with Gasteiger partial charge >= 0.3 is 12.1 Å². The third kappa shape index (κ3) is 6.18. The minimum absolute atomic E-state index is 0.0498. The third-order valence-corrected chi connectivity index (χ3v) is 8.98. The zero-order chi connectivity index (χ0) is 32.7. The number of aromatic nitrogens is 4. The molecule has 1 unspecified atom stereocenters. The first-order valence-electron chi connectivity index (χ1n) is 15.0. The molecule has 0 saturated carbocycles. The number of esters is 1. The zero-order valence-corrected chi connectivity index (χ0v) is 27.8. The van der Waals surface area contributed by atoms with Gasteiger partial charge in [0.1, 0.15) is 17.7 Å². The predicted molar refractivity (Wildman–Crippen MR) is 172 cm³/mol. The van der Waals surface area contributed by atoms with Gasteiger partial charge in [0, 0.05) is 55.3 Å². The first-order chi connectivity index (χ1) is 21.3. The number of methoxy groups -OCH3 is 2. The van der Waals surface area contributed by atoms with Crippen LogP contribution in [-0.4, -0.2) is 69.2 Å². The van der Waals surface area contributed by atoms with Gasteiger partial charge in [0.25, 0.3) is 0 Å². The van der Waals surface area contributed by atoms with Crippen molar-refractivity contribution in [3.05, 3.63) is 52.1 Å². The fourth-order valence-corrected chi connectivity index (χ4v) is 6.92. The lowest BCUT2D eigenvalue weighted by molar-refractivity contribution is -0.143. The van der Waals surface area contributed by atoms with Crippen LogP contribution in [0.5, 0.6) is 0 Å². The molecule has 0 radical (unpaired) electrons. The van der Waals surface area contributed by atoms with Gasteiger partial charge in [-0.3, -0.25) is 4.98 Å². The maximum Gasteiger partial charge on any atom is 0.408 e. The van der Waals surface area contributed by atoms with E-state index in [-0.39, 0.29) is 25.0 Å². The molecule has 11 nitrogen and oxygen atoms in total. The monoisotopic (exact) mass is 635 g/mol. The number of nitrogens with one attached hydrogen (secondary N) is 1. The Morgan fingerprint density at radius 1 is 1.11 bits per heavy atom. The van der Waals surface area contributed by atoms with Gasteiger partial charge in [0.2, 0.25) is 0 Å². The number of nitrogens with zero attached hydrogens (tertiary/aromatic N) is 4. The molecule has 0 aromatic carbocycles. The number of rotatable bonds is 9. The Hall–Kier alpha value is -3.87. The van der Waals surface area contributed by atoms with Crippen molar-refractivity contribution in [2.45, 2.75) is 78.2 Å². The Balaban J connectivity index is 1.58. The summed E-state index contributed by atoms with van der Waals surface area (Å²) in [6, 6.07) is 7.03. The number of carbonyl (C=O) groups is 2. The highest BCUT2D eigenvalue weighted by molar-refractivity contribution is 7.10. The van der Waals surface area contributed by atoms with Gasteiger partial charge in [-0.15, -0.1) is 11.3 Å². The molecule has 45 heavy (non-hydrogen) atoms. The number of aliphatic hydroxyl groups is 1. The molecule has 2 N–H and O–H groups in total. The molecule has 0 aliphatic heterocycles. The molecular weight excluding hydrogens is 594 g/mol. The number of alkyl carbamates (subject to hydrolysis) is 1. The van der Waals surface area contributed by atoms with Gasteiger partial charge in [0.15, 0.2) is 0 Å². The average molecular weight is 636 g/mol. The smallest absolute Gasteiger partial charge is 0.408 e. The van der Waals surface area contributed by atoms with Crippen LogP contribution < -0.4 is 5.32 Å². The van der Waals surface area contributed by atoms with Crippen LogP contribution in [-0.2, 0) is 32.0 Å². The number of fused-ring (bicyclic) bond motifs is 5. The van der Waals surface area contributed by atoms with E-state index in [1.807, 2.05) is 31.4 Å². The fourth-order valence-electron chi connectivity index (χ4n) is 6.08. The van der Waals surface area contributed by atoms with E-state index in [0.29, 0.717) is 22.9 Å². The van der Waals surface area contributed by atoms with Crippen molar-refractivity contribution < 1.29 is 28.9 Å². The minimum atomic E-state index is -0.967. The Bertz CT molecular complexity index is 1720. The molecule has 1 aliphatic rings. The lowest BCUT2D eigenvalue weighted by Gasteiger charge is -2.41. The summed E-state index contributed by atoms with van der Waals surface area (Å²) in [6.07, 6.45) is 0.822. The summed E-state index contributed by atoms with van der Waals surface area (Å²) in [5.74, 6) is -0.821. The van der Waals surface area contributed by atoms with Crippen LogP contribution in [0.2, 0.25) is 0 Å². The highest BCUT2D eigenvalue weighted by Gasteiger charge is 2.46. The molecule has 12 heteroatoms. The van der Waals surface area contributed by atoms with E-state index in [1.54, 1.807) is 34.1 Å². The zero-order valence-electron chi connectivity index (χ0n) is 27.0. The van der Waals surface area contributed by atoms with Gasteiger partial charge in [0.05, 0.1) is 45.9 Å². The summed E-state index contributed by atoms with van der Waals surface area (Å²) in [7, 11) is 2.96. The van der Waals surface area contributed by atoms with E-state index >= 15 is 0 Å². The van der Waals surface area contributed by atoms with Crippen LogP contribution in [0.15, 0.2) is 35.8 Å². The maximum absolute atomic E-state index is 12.5. The summed E-state index contributed by atoms with van der Waals surface area (Å²) >= 11 is 1.37. The summed E-state index contributed by atoms with van der Waals surface area (Å²) in [5, 5.41) is 15.7. The molecule has 4 aromatic heterocycles. The molecule has 5 rings (SSSR count). The number of carbonyl (C=O) groups excluding carboxylic acids is 2. The van der Waals surface area contributed by atoms with Crippen LogP contribution in [0.4, 0.5) is 4.79 Å². The lowest BCUT2D eigenvalue weighted by atomic mass is 9.67. The standard InChI is InChI=1S/C33H41N5O6S/c1-9-38-22-13-12-19(21-16-45-23(35-21)15-20(30(40)43-8)37-31(41)44-32(2,3)4)36-27(22)24-25(33(5,6)17-39)29(42-7)26-18(28(24)38)11-10-14-34-26/h10-14,16,20,25,29,39H,9,15,17H2,1-8H3,(H,37,41)/t20-,25?,29-/m0/s1. The highest BCUT2D eigenvalue weighted by atomic mass is 32.1. The van der Waals surface area contributed by atoms with E-state index in [1.165, 1.54) is 18.4 Å². The first-order valence-corrected chi connectivity index (χ1v) is 15.9. The summed E-state index contributed by atoms with van der Waals surface area (Å²) in [5.41, 5.74) is 5.74. The number of pyridine rings is 2. The maximum atomic E-state index is 12.5. The number of hydrogen-bond acceptors (Lipinski definition) is 10. The van der Waals surface area contributed by atoms with Gasteiger partial charge in [-0.2, -0.15) is 0 Å². The van der Waals surface area contributed by atoms with Gasteiger partial charge in [-0.25, -0.2) is 19.6 Å². The Morgan fingerprint density at radius 2 is 1.87 bits per heavy atom. The van der Waals surface area contributed by atoms with Crippen molar-refractivity contribution in [3.8, 4) is 22.6 Å². The molecule has 1 aliphatic carbocycles. The SMILES string of the molecule is CCn1c2c(c3nc(-c4csc(C[C@H](NC(=O)OC(C)(C)C)C(=O)OC)n4)ccc31)C(C(C)(C)CO)[C@H](OC)c1ncccc1-2. The van der Waals surface area contributed by atoms with Gasteiger partial charge < -0.3 is 29.2 Å². The summed E-state index contributed by atoms with van der Waals surface area (Å²) in [6.45, 7) is 12.1. The first kappa shape index (κ1) is 32.5. The van der Waals surface area contributed by atoms with Crippen molar-refractivity contribution >= 4 is 34.4 Å². The van der Waals surface area contributed by atoms with Crippen molar-refractivity contribution in [2.24, 2.45) is 5.41 Å². The van der Waals surface area contributed by atoms with Crippen LogP contribution in [0.3, 0.4) is 0 Å². The summed E-state index contributed by atoms with van der Waals surface area (Å²) in [4.78, 5) is 39.7. The van der Waals surface area contributed by atoms with Crippen LogP contribution in [0, 0.1) is 5.41 Å². The minimum Gasteiger partial charge on any atom is -0.467 e. The summed E-state index contributed by atoms with van der Waals surface area (Å²) < 4.78 is 18.6. The number of ether oxygens (including phenoxy) is 3.